The van der Waals surface area contributed by atoms with Gasteiger partial charge in [0.25, 0.3) is 0 Å². The molecular weight excluding hydrogens is 353 g/mol. The normalized spacial score (nSPS) is 18.5. The van der Waals surface area contributed by atoms with Crippen LogP contribution in [0, 0.1) is 11.8 Å². The van der Waals surface area contributed by atoms with Crippen molar-refractivity contribution in [3.63, 3.8) is 0 Å². The molecule has 1 amide bonds. The highest BCUT2D eigenvalue weighted by Crippen LogP contribution is 2.23. The molecule has 1 aliphatic heterocycles. The second-order valence-electron chi connectivity index (χ2n) is 6.11. The Morgan fingerprint density at radius 2 is 2.26 bits per heavy atom. The molecule has 0 radical (unpaired) electrons. The molecule has 2 rings (SSSR count). The number of carbonyl (C=O) groups excluding carboxylic acids is 1. The van der Waals surface area contributed by atoms with Crippen LogP contribution < -0.4 is 5.32 Å². The van der Waals surface area contributed by atoms with Gasteiger partial charge < -0.3 is 10.2 Å². The SMILES string of the molecule is CCc1cnc(CN(C)C(=O)CC(C)C2CCCNC2)s1.Cl.Cl. The highest BCUT2D eigenvalue weighted by Gasteiger charge is 2.23. The summed E-state index contributed by atoms with van der Waals surface area (Å²) >= 11 is 1.71. The number of hydrogen-bond donors (Lipinski definition) is 1. The summed E-state index contributed by atoms with van der Waals surface area (Å²) in [5.74, 6) is 1.33. The molecule has 0 aromatic carbocycles. The number of nitrogens with zero attached hydrogens (tertiary/aromatic N) is 2. The van der Waals surface area contributed by atoms with E-state index in [4.69, 9.17) is 0 Å². The van der Waals surface area contributed by atoms with Gasteiger partial charge in [0.05, 0.1) is 6.54 Å². The summed E-state index contributed by atoms with van der Waals surface area (Å²) < 4.78 is 0. The molecule has 1 aliphatic rings. The molecule has 0 bridgehead atoms. The fourth-order valence-corrected chi connectivity index (χ4v) is 3.75. The van der Waals surface area contributed by atoms with Crippen LogP contribution in [0.15, 0.2) is 6.20 Å². The molecule has 2 atom stereocenters. The standard InChI is InChI=1S/C16H27N3OS.2ClH/c1-4-14-10-18-15(21-14)11-19(3)16(20)8-12(2)13-6-5-7-17-9-13;;/h10,12-13,17H,4-9,11H2,1-3H3;2*1H. The molecular formula is C16H29Cl2N3OS. The molecule has 1 N–H and O–H groups in total. The summed E-state index contributed by atoms with van der Waals surface area (Å²) in [5.41, 5.74) is 0. The van der Waals surface area contributed by atoms with E-state index in [1.807, 2.05) is 18.1 Å². The van der Waals surface area contributed by atoms with E-state index in [0.29, 0.717) is 24.8 Å². The summed E-state index contributed by atoms with van der Waals surface area (Å²) in [7, 11) is 1.89. The topological polar surface area (TPSA) is 45.2 Å². The largest absolute Gasteiger partial charge is 0.339 e. The Bertz CT molecular complexity index is 464. The van der Waals surface area contributed by atoms with Crippen molar-refractivity contribution in [3.05, 3.63) is 16.1 Å². The van der Waals surface area contributed by atoms with Crippen molar-refractivity contribution in [2.45, 2.75) is 46.1 Å². The average Bonchev–Trinajstić information content (AvgIpc) is 2.95. The Labute approximate surface area is 156 Å². The maximum Gasteiger partial charge on any atom is 0.222 e. The van der Waals surface area contributed by atoms with E-state index in [2.05, 4.69) is 24.1 Å². The van der Waals surface area contributed by atoms with Gasteiger partial charge in [-0.25, -0.2) is 4.98 Å². The number of thiazole rings is 1. The molecule has 1 saturated heterocycles. The predicted molar refractivity (Wildman–Crippen MR) is 102 cm³/mol. The second kappa shape index (κ2) is 11.2. The van der Waals surface area contributed by atoms with Gasteiger partial charge >= 0.3 is 0 Å². The summed E-state index contributed by atoms with van der Waals surface area (Å²) in [5, 5.41) is 4.47. The third-order valence-electron chi connectivity index (χ3n) is 4.38. The predicted octanol–water partition coefficient (Wildman–Crippen LogP) is 3.53. The number of amides is 1. The van der Waals surface area contributed by atoms with Crippen LogP contribution in [0.2, 0.25) is 0 Å². The first-order valence-corrected chi connectivity index (χ1v) is 8.80. The fourth-order valence-electron chi connectivity index (χ4n) is 2.84. The van der Waals surface area contributed by atoms with Crippen LogP contribution in [-0.4, -0.2) is 35.9 Å². The van der Waals surface area contributed by atoms with Crippen molar-refractivity contribution < 1.29 is 4.79 Å². The summed E-state index contributed by atoms with van der Waals surface area (Å²) in [6.45, 7) is 7.17. The van der Waals surface area contributed by atoms with Crippen molar-refractivity contribution in [2.24, 2.45) is 11.8 Å². The maximum atomic E-state index is 12.4. The lowest BCUT2D eigenvalue weighted by molar-refractivity contribution is -0.131. The molecule has 7 heteroatoms. The van der Waals surface area contributed by atoms with Gasteiger partial charge in [-0.2, -0.15) is 0 Å². The Hall–Kier alpha value is -0.360. The molecule has 134 valence electrons. The van der Waals surface area contributed by atoms with Crippen molar-refractivity contribution >= 4 is 42.1 Å². The first-order chi connectivity index (χ1) is 10.1. The number of piperidine rings is 1. The average molecular weight is 382 g/mol. The number of halogens is 2. The van der Waals surface area contributed by atoms with E-state index in [1.54, 1.807) is 11.3 Å². The first-order valence-electron chi connectivity index (χ1n) is 7.98. The number of rotatable bonds is 6. The van der Waals surface area contributed by atoms with E-state index in [9.17, 15) is 4.79 Å². The third kappa shape index (κ3) is 6.96. The van der Waals surface area contributed by atoms with Crippen LogP contribution in [0.3, 0.4) is 0 Å². The highest BCUT2D eigenvalue weighted by molar-refractivity contribution is 7.11. The molecule has 2 heterocycles. The van der Waals surface area contributed by atoms with E-state index in [1.165, 1.54) is 17.7 Å². The molecule has 2 unspecified atom stereocenters. The number of aryl methyl sites for hydroxylation is 1. The van der Waals surface area contributed by atoms with E-state index < -0.39 is 0 Å². The van der Waals surface area contributed by atoms with Crippen LogP contribution in [0.5, 0.6) is 0 Å². The zero-order chi connectivity index (χ0) is 15.2. The van der Waals surface area contributed by atoms with E-state index >= 15 is 0 Å². The Morgan fingerprint density at radius 3 is 2.83 bits per heavy atom. The van der Waals surface area contributed by atoms with Crippen LogP contribution in [0.25, 0.3) is 0 Å². The quantitative estimate of drug-likeness (QED) is 0.819. The van der Waals surface area contributed by atoms with Crippen LogP contribution >= 0.6 is 36.2 Å². The zero-order valence-corrected chi connectivity index (χ0v) is 16.7. The first kappa shape index (κ1) is 22.6. The second-order valence-corrected chi connectivity index (χ2v) is 7.31. The molecule has 1 fully saturated rings. The Morgan fingerprint density at radius 1 is 1.52 bits per heavy atom. The van der Waals surface area contributed by atoms with Gasteiger partial charge in [0.2, 0.25) is 5.91 Å². The van der Waals surface area contributed by atoms with Crippen molar-refractivity contribution in [1.82, 2.24) is 15.2 Å². The summed E-state index contributed by atoms with van der Waals surface area (Å²) in [6.07, 6.45) is 6.07. The van der Waals surface area contributed by atoms with E-state index in [0.717, 1.165) is 24.5 Å². The van der Waals surface area contributed by atoms with Gasteiger partial charge in [0.1, 0.15) is 5.01 Å². The van der Waals surface area contributed by atoms with Crippen molar-refractivity contribution in [2.75, 3.05) is 20.1 Å². The number of hydrogen-bond acceptors (Lipinski definition) is 4. The molecule has 0 aliphatic carbocycles. The summed E-state index contributed by atoms with van der Waals surface area (Å²) in [6, 6.07) is 0. The lowest BCUT2D eigenvalue weighted by Gasteiger charge is -2.29. The van der Waals surface area contributed by atoms with Gasteiger partial charge in [-0.15, -0.1) is 36.2 Å². The van der Waals surface area contributed by atoms with Crippen LogP contribution in [0.4, 0.5) is 0 Å². The maximum absolute atomic E-state index is 12.4. The lowest BCUT2D eigenvalue weighted by Crippen LogP contribution is -2.36. The molecule has 0 saturated carbocycles. The minimum Gasteiger partial charge on any atom is -0.339 e. The van der Waals surface area contributed by atoms with Crippen LogP contribution in [-0.2, 0) is 17.8 Å². The summed E-state index contributed by atoms with van der Waals surface area (Å²) in [4.78, 5) is 19.9. The monoisotopic (exact) mass is 381 g/mol. The molecule has 4 nitrogen and oxygen atoms in total. The lowest BCUT2D eigenvalue weighted by atomic mass is 9.85. The fraction of sp³-hybridized carbons (Fsp3) is 0.750. The van der Waals surface area contributed by atoms with Gasteiger partial charge in [0, 0.05) is 24.5 Å². The van der Waals surface area contributed by atoms with E-state index in [-0.39, 0.29) is 30.7 Å². The van der Waals surface area contributed by atoms with Gasteiger partial charge in [0.15, 0.2) is 0 Å². The zero-order valence-electron chi connectivity index (χ0n) is 14.2. The molecule has 1 aromatic rings. The highest BCUT2D eigenvalue weighted by atomic mass is 35.5. The molecule has 23 heavy (non-hydrogen) atoms. The molecule has 1 aromatic heterocycles. The van der Waals surface area contributed by atoms with Crippen molar-refractivity contribution in [3.8, 4) is 0 Å². The smallest absolute Gasteiger partial charge is 0.222 e. The number of aromatic nitrogens is 1. The Kier molecular flexibility index (Phi) is 11.1. The van der Waals surface area contributed by atoms with Gasteiger partial charge in [-0.1, -0.05) is 13.8 Å². The van der Waals surface area contributed by atoms with Gasteiger partial charge in [-0.3, -0.25) is 4.79 Å². The minimum atomic E-state index is 0. The number of carbonyl (C=O) groups is 1. The molecule has 0 spiro atoms. The van der Waals surface area contributed by atoms with Gasteiger partial charge in [-0.05, 0) is 44.2 Å². The van der Waals surface area contributed by atoms with Crippen LogP contribution in [0.1, 0.15) is 43.0 Å². The number of nitrogens with one attached hydrogen (secondary N) is 1. The minimum absolute atomic E-state index is 0. The van der Waals surface area contributed by atoms with Crippen molar-refractivity contribution in [1.29, 1.82) is 0 Å². The third-order valence-corrected chi connectivity index (χ3v) is 5.51. The Balaban J connectivity index is 0.00000242.